The Balaban J connectivity index is 1.80. The molecule has 0 aromatic heterocycles. The quantitative estimate of drug-likeness (QED) is 0.189. The second-order valence-corrected chi connectivity index (χ2v) is 13.5. The molecule has 0 saturated heterocycles. The van der Waals surface area contributed by atoms with Gasteiger partial charge < -0.3 is 30.5 Å². The predicted molar refractivity (Wildman–Crippen MR) is 148 cm³/mol. The van der Waals surface area contributed by atoms with Gasteiger partial charge in [0.15, 0.2) is 5.78 Å². The highest BCUT2D eigenvalue weighted by atomic mass is 16.6. The average molecular weight is 562 g/mol. The molecule has 0 aromatic carbocycles. The number of hydrogen-bond donors (Lipinski definition) is 4. The van der Waals surface area contributed by atoms with Crippen molar-refractivity contribution in [3.63, 3.8) is 0 Å². The third-order valence-corrected chi connectivity index (χ3v) is 10.6. The monoisotopic (exact) mass is 561 g/mol. The van der Waals surface area contributed by atoms with E-state index in [9.17, 15) is 29.7 Å². The lowest BCUT2D eigenvalue weighted by Crippen LogP contribution is -2.68. The zero-order chi connectivity index (χ0) is 30.0. The minimum atomic E-state index is -2.39. The first kappa shape index (κ1) is 30.9. The first-order chi connectivity index (χ1) is 18.5. The summed E-state index contributed by atoms with van der Waals surface area (Å²) in [4.78, 5) is 40.3. The topological polar surface area (TPSA) is 156 Å². The van der Waals surface area contributed by atoms with Crippen LogP contribution in [0.15, 0.2) is 23.3 Å². The van der Waals surface area contributed by atoms with Crippen LogP contribution in [0.25, 0.3) is 0 Å². The van der Waals surface area contributed by atoms with E-state index in [1.54, 1.807) is 19.9 Å². The maximum Gasteiger partial charge on any atom is 0.309 e. The van der Waals surface area contributed by atoms with Gasteiger partial charge in [-0.3, -0.25) is 14.4 Å². The van der Waals surface area contributed by atoms with Gasteiger partial charge in [0.05, 0.1) is 11.3 Å². The van der Waals surface area contributed by atoms with Gasteiger partial charge in [-0.1, -0.05) is 66.5 Å². The summed E-state index contributed by atoms with van der Waals surface area (Å²) >= 11 is 0. The number of nitrogens with two attached hydrogens (primary N) is 1. The van der Waals surface area contributed by atoms with E-state index < -0.39 is 69.8 Å². The highest BCUT2D eigenvalue weighted by Gasteiger charge is 2.83. The van der Waals surface area contributed by atoms with Crippen LogP contribution in [-0.4, -0.2) is 69.1 Å². The molecule has 9 nitrogen and oxygen atoms in total. The summed E-state index contributed by atoms with van der Waals surface area (Å²) in [6.07, 6.45) is 2.63. The average Bonchev–Trinajstić information content (AvgIpc) is 3.29. The standard InChI is InChI=1S/C31H47NO8/c1-8-9-10-11-22(33)40-30-14-21(32)29-13-17(4)24(34)31(29,38)25(35)19(15-39-27(37)18(5)16(2)3)12-20(26(29)36)23(30)28(30,6)7/h12-13,16,18,20-21,23-25,34-35,38H,8-11,14-15,32H2,1-7H3/t18?,20-,21+,23+,24-,25+,29-,30?,31+/m0/s1. The van der Waals surface area contributed by atoms with Gasteiger partial charge in [0.1, 0.15) is 30.0 Å². The highest BCUT2D eigenvalue weighted by Crippen LogP contribution is 2.74. The molecule has 4 rings (SSSR count). The van der Waals surface area contributed by atoms with E-state index in [-0.39, 0.29) is 36.9 Å². The van der Waals surface area contributed by atoms with Gasteiger partial charge in [-0.15, -0.1) is 0 Å². The third-order valence-electron chi connectivity index (χ3n) is 10.6. The minimum absolute atomic E-state index is 0.0266. The molecule has 1 spiro atoms. The molecule has 9 atom stereocenters. The molecular weight excluding hydrogens is 514 g/mol. The van der Waals surface area contributed by atoms with Gasteiger partial charge in [-0.05, 0) is 30.4 Å². The molecule has 5 N–H and O–H groups in total. The number of carbonyl (C=O) groups excluding carboxylic acids is 3. The number of aliphatic hydroxyl groups is 3. The number of allylic oxidation sites excluding steroid dienone is 1. The molecule has 0 heterocycles. The van der Waals surface area contributed by atoms with E-state index in [2.05, 4.69) is 0 Å². The first-order valence-electron chi connectivity index (χ1n) is 14.7. The zero-order valence-corrected chi connectivity index (χ0v) is 24.9. The summed E-state index contributed by atoms with van der Waals surface area (Å²) in [6.45, 7) is 12.7. The van der Waals surface area contributed by atoms with Crippen molar-refractivity contribution in [3.8, 4) is 0 Å². The lowest BCUT2D eigenvalue weighted by molar-refractivity contribution is -0.186. The molecule has 2 fully saturated rings. The van der Waals surface area contributed by atoms with E-state index in [4.69, 9.17) is 15.2 Å². The number of fused-ring (bicyclic) bond motifs is 3. The van der Waals surface area contributed by atoms with Crippen molar-refractivity contribution in [3.05, 3.63) is 23.3 Å². The van der Waals surface area contributed by atoms with E-state index in [1.807, 2.05) is 34.6 Å². The smallest absolute Gasteiger partial charge is 0.309 e. The van der Waals surface area contributed by atoms with Crippen molar-refractivity contribution in [2.45, 2.75) is 110 Å². The summed E-state index contributed by atoms with van der Waals surface area (Å²) < 4.78 is 11.8. The number of aliphatic hydroxyl groups excluding tert-OH is 2. The van der Waals surface area contributed by atoms with Crippen LogP contribution in [0, 0.1) is 34.5 Å². The Morgan fingerprint density at radius 1 is 1.15 bits per heavy atom. The molecule has 40 heavy (non-hydrogen) atoms. The molecule has 0 amide bonds. The van der Waals surface area contributed by atoms with Crippen molar-refractivity contribution in [2.75, 3.05) is 6.61 Å². The Morgan fingerprint density at radius 3 is 2.40 bits per heavy atom. The molecule has 2 unspecified atom stereocenters. The van der Waals surface area contributed by atoms with Crippen LogP contribution in [0.2, 0.25) is 0 Å². The summed E-state index contributed by atoms with van der Waals surface area (Å²) in [5.74, 6) is -3.02. The van der Waals surface area contributed by atoms with Crippen LogP contribution in [0.4, 0.5) is 0 Å². The van der Waals surface area contributed by atoms with E-state index in [0.29, 0.717) is 12.0 Å². The van der Waals surface area contributed by atoms with Gasteiger partial charge in [-0.2, -0.15) is 0 Å². The number of Topliss-reactive ketones (excluding diaryl/α,β-unsaturated/α-hetero) is 1. The van der Waals surface area contributed by atoms with Crippen LogP contribution in [0.3, 0.4) is 0 Å². The van der Waals surface area contributed by atoms with Crippen molar-refractivity contribution >= 4 is 17.7 Å². The van der Waals surface area contributed by atoms with E-state index in [0.717, 1.165) is 12.8 Å². The maximum atomic E-state index is 14.5. The Bertz CT molecular complexity index is 1130. The van der Waals surface area contributed by atoms with Crippen molar-refractivity contribution < 1.29 is 39.2 Å². The van der Waals surface area contributed by atoms with Crippen LogP contribution in [0.5, 0.6) is 0 Å². The van der Waals surface area contributed by atoms with Crippen LogP contribution in [0.1, 0.15) is 80.6 Å². The lowest BCUT2D eigenvalue weighted by Gasteiger charge is -2.48. The Hall–Kier alpha value is -2.07. The fourth-order valence-electron chi connectivity index (χ4n) is 7.73. The summed E-state index contributed by atoms with van der Waals surface area (Å²) in [6, 6.07) is -1.07. The number of ketones is 1. The predicted octanol–water partition coefficient (Wildman–Crippen LogP) is 2.60. The van der Waals surface area contributed by atoms with Crippen molar-refractivity contribution in [1.82, 2.24) is 0 Å². The largest absolute Gasteiger partial charge is 0.461 e. The first-order valence-corrected chi connectivity index (χ1v) is 14.7. The fraction of sp³-hybridized carbons (Fsp3) is 0.774. The minimum Gasteiger partial charge on any atom is -0.461 e. The second-order valence-electron chi connectivity index (χ2n) is 13.5. The molecule has 0 aromatic rings. The molecule has 9 heteroatoms. The number of ether oxygens (including phenoxy) is 2. The summed E-state index contributed by atoms with van der Waals surface area (Å²) in [5, 5.41) is 35.1. The van der Waals surface area contributed by atoms with Gasteiger partial charge in [-0.25, -0.2) is 0 Å². The van der Waals surface area contributed by atoms with Gasteiger partial charge in [0.2, 0.25) is 0 Å². The highest BCUT2D eigenvalue weighted by molar-refractivity contribution is 5.96. The number of unbranched alkanes of at least 4 members (excludes halogenated alkanes) is 2. The molecule has 0 aliphatic heterocycles. The van der Waals surface area contributed by atoms with Gasteiger partial charge in [0.25, 0.3) is 0 Å². The lowest BCUT2D eigenvalue weighted by atomic mass is 9.61. The molecule has 2 bridgehead atoms. The fourth-order valence-corrected chi connectivity index (χ4v) is 7.73. The SMILES string of the molecule is CCCCCC(=O)OC12C[C@@H](N)[C@]34C=C(C)[C@H](O)[C@@]3(O)[C@H](O)C(COC(=O)C(C)C(C)C)=C[C@H](C4=O)[C@@H]1C2(C)C. The normalized spacial score (nSPS) is 40.2. The van der Waals surface area contributed by atoms with Crippen LogP contribution in [-0.2, 0) is 23.9 Å². The third kappa shape index (κ3) is 4.14. The van der Waals surface area contributed by atoms with Crippen molar-refractivity contribution in [1.29, 1.82) is 0 Å². The van der Waals surface area contributed by atoms with E-state index >= 15 is 0 Å². The van der Waals surface area contributed by atoms with Crippen LogP contribution < -0.4 is 5.73 Å². The molecule has 0 radical (unpaired) electrons. The number of rotatable bonds is 9. The Labute approximate surface area is 237 Å². The summed E-state index contributed by atoms with van der Waals surface area (Å²) in [7, 11) is 0. The number of hydrogen-bond acceptors (Lipinski definition) is 9. The molecular formula is C31H47NO8. The second kappa shape index (κ2) is 10.3. The van der Waals surface area contributed by atoms with Gasteiger partial charge >= 0.3 is 11.9 Å². The van der Waals surface area contributed by atoms with Gasteiger partial charge in [0, 0.05) is 36.1 Å². The Kier molecular flexibility index (Phi) is 7.98. The molecule has 4 aliphatic carbocycles. The number of carbonyl (C=O) groups is 3. The van der Waals surface area contributed by atoms with Crippen molar-refractivity contribution in [2.24, 2.45) is 40.2 Å². The molecule has 224 valence electrons. The Morgan fingerprint density at radius 2 is 1.80 bits per heavy atom. The zero-order valence-electron chi connectivity index (χ0n) is 24.9. The van der Waals surface area contributed by atoms with Crippen LogP contribution >= 0.6 is 0 Å². The number of esters is 2. The summed E-state index contributed by atoms with van der Waals surface area (Å²) in [5.41, 5.74) is 1.33. The maximum absolute atomic E-state index is 14.5. The van der Waals surface area contributed by atoms with E-state index in [1.165, 1.54) is 6.08 Å². The molecule has 4 aliphatic rings. The molecule has 2 saturated carbocycles.